The molecule has 0 spiro atoms. The highest BCUT2D eigenvalue weighted by molar-refractivity contribution is 5.99. The summed E-state index contributed by atoms with van der Waals surface area (Å²) in [5.74, 6) is 0.348. The molecule has 144 valence electrons. The van der Waals surface area contributed by atoms with Crippen LogP contribution in [0.3, 0.4) is 0 Å². The number of nitrogens with zero attached hydrogens (tertiary/aromatic N) is 1. The second-order valence-corrected chi connectivity index (χ2v) is 7.02. The number of amides is 1. The highest BCUT2D eigenvalue weighted by Crippen LogP contribution is 2.26. The normalized spacial score (nSPS) is 10.8. The van der Waals surface area contributed by atoms with Gasteiger partial charge in [-0.1, -0.05) is 95.6 Å². The summed E-state index contributed by atoms with van der Waals surface area (Å²) >= 11 is 0. The Hall–Kier alpha value is -3.66. The fourth-order valence-corrected chi connectivity index (χ4v) is 3.40. The van der Waals surface area contributed by atoms with Crippen molar-refractivity contribution >= 4 is 5.91 Å². The van der Waals surface area contributed by atoms with Gasteiger partial charge in [0.2, 0.25) is 0 Å². The molecule has 0 aliphatic carbocycles. The largest absolute Gasteiger partial charge is 0.355 e. The van der Waals surface area contributed by atoms with Crippen molar-refractivity contribution in [3.63, 3.8) is 0 Å². The Morgan fingerprint density at radius 1 is 0.897 bits per heavy atom. The summed E-state index contributed by atoms with van der Waals surface area (Å²) in [5, 5.41) is 6.91. The molecule has 4 aromatic rings. The van der Waals surface area contributed by atoms with Crippen LogP contribution >= 0.6 is 0 Å². The van der Waals surface area contributed by atoms with Crippen LogP contribution in [0, 0.1) is 6.92 Å². The zero-order valence-corrected chi connectivity index (χ0v) is 16.2. The Morgan fingerprint density at radius 2 is 1.48 bits per heavy atom. The summed E-state index contributed by atoms with van der Waals surface area (Å²) in [4.78, 5) is 12.9. The number of carbonyl (C=O) groups is 1. The third kappa shape index (κ3) is 4.27. The average Bonchev–Trinajstić information content (AvgIpc) is 3.26. The number of aromatic nitrogens is 1. The number of nitrogens with one attached hydrogen (secondary N) is 1. The summed E-state index contributed by atoms with van der Waals surface area (Å²) in [7, 11) is 0. The molecule has 1 aromatic heterocycles. The smallest absolute Gasteiger partial charge is 0.256 e. The Labute approximate surface area is 170 Å². The van der Waals surface area contributed by atoms with Crippen LogP contribution in [0.2, 0.25) is 0 Å². The van der Waals surface area contributed by atoms with Gasteiger partial charge in [0.1, 0.15) is 5.56 Å². The van der Waals surface area contributed by atoms with E-state index < -0.39 is 0 Å². The summed E-state index contributed by atoms with van der Waals surface area (Å²) < 4.78 is 5.38. The van der Waals surface area contributed by atoms with Crippen LogP contribution < -0.4 is 5.32 Å². The first-order chi connectivity index (χ1) is 14.2. The van der Waals surface area contributed by atoms with E-state index in [2.05, 4.69) is 34.7 Å². The molecule has 4 nitrogen and oxygen atoms in total. The fourth-order valence-electron chi connectivity index (χ4n) is 3.40. The van der Waals surface area contributed by atoms with Crippen molar-refractivity contribution in [1.82, 2.24) is 10.5 Å². The summed E-state index contributed by atoms with van der Waals surface area (Å²) in [6.45, 7) is 2.50. The van der Waals surface area contributed by atoms with Crippen molar-refractivity contribution < 1.29 is 9.32 Å². The molecule has 0 saturated carbocycles. The van der Waals surface area contributed by atoms with Gasteiger partial charge in [0.05, 0.1) is 6.20 Å². The van der Waals surface area contributed by atoms with Gasteiger partial charge in [-0.05, 0) is 18.1 Å². The molecule has 3 aromatic carbocycles. The molecular weight excluding hydrogens is 360 g/mol. The summed E-state index contributed by atoms with van der Waals surface area (Å²) in [6.07, 6.45) is 1.48. The van der Waals surface area contributed by atoms with Gasteiger partial charge >= 0.3 is 0 Å². The Balaban J connectivity index is 1.55. The van der Waals surface area contributed by atoms with Crippen LogP contribution in [0.4, 0.5) is 0 Å². The maximum absolute atomic E-state index is 12.9. The zero-order chi connectivity index (χ0) is 20.1. The molecule has 0 bridgehead atoms. The molecule has 0 unspecified atom stereocenters. The monoisotopic (exact) mass is 382 g/mol. The molecule has 29 heavy (non-hydrogen) atoms. The molecule has 1 amide bonds. The van der Waals surface area contributed by atoms with Crippen LogP contribution in [0.5, 0.6) is 0 Å². The second kappa shape index (κ2) is 8.57. The molecule has 0 saturated heterocycles. The first kappa shape index (κ1) is 18.7. The van der Waals surface area contributed by atoms with Crippen molar-refractivity contribution in [2.75, 3.05) is 6.54 Å². The van der Waals surface area contributed by atoms with E-state index in [1.54, 1.807) is 0 Å². The summed E-state index contributed by atoms with van der Waals surface area (Å²) in [5.41, 5.74) is 4.73. The van der Waals surface area contributed by atoms with Crippen LogP contribution in [-0.2, 0) is 0 Å². The first-order valence-electron chi connectivity index (χ1n) is 9.62. The molecule has 0 aliphatic heterocycles. The molecule has 4 rings (SSSR count). The van der Waals surface area contributed by atoms with Crippen LogP contribution in [0.15, 0.2) is 95.6 Å². The van der Waals surface area contributed by atoms with Crippen molar-refractivity contribution in [1.29, 1.82) is 0 Å². The number of aryl methyl sites for hydroxylation is 1. The first-order valence-corrected chi connectivity index (χ1v) is 9.62. The third-order valence-electron chi connectivity index (χ3n) is 5.00. The molecule has 0 aliphatic rings. The van der Waals surface area contributed by atoms with Crippen molar-refractivity contribution in [2.24, 2.45) is 0 Å². The lowest BCUT2D eigenvalue weighted by Crippen LogP contribution is -2.29. The lowest BCUT2D eigenvalue weighted by molar-refractivity contribution is 0.0952. The predicted octanol–water partition coefficient (Wildman–Crippen LogP) is 5.21. The minimum Gasteiger partial charge on any atom is -0.355 e. The van der Waals surface area contributed by atoms with E-state index in [9.17, 15) is 4.79 Å². The Morgan fingerprint density at radius 3 is 2.07 bits per heavy atom. The zero-order valence-electron chi connectivity index (χ0n) is 16.2. The highest BCUT2D eigenvalue weighted by Gasteiger charge is 2.20. The van der Waals surface area contributed by atoms with E-state index in [0.717, 1.165) is 22.3 Å². The van der Waals surface area contributed by atoms with Gasteiger partial charge in [-0.15, -0.1) is 0 Å². The fraction of sp³-hybridized carbons (Fsp3) is 0.120. The molecule has 1 N–H and O–H groups in total. The van der Waals surface area contributed by atoms with Crippen LogP contribution in [-0.4, -0.2) is 17.6 Å². The van der Waals surface area contributed by atoms with Gasteiger partial charge in [0, 0.05) is 18.0 Å². The third-order valence-corrected chi connectivity index (χ3v) is 5.00. The van der Waals surface area contributed by atoms with E-state index in [0.29, 0.717) is 17.9 Å². The predicted molar refractivity (Wildman–Crippen MR) is 114 cm³/mol. The quantitative estimate of drug-likeness (QED) is 0.498. The minimum atomic E-state index is -0.196. The van der Waals surface area contributed by atoms with Crippen LogP contribution in [0.25, 0.3) is 11.3 Å². The van der Waals surface area contributed by atoms with Gasteiger partial charge in [0.25, 0.3) is 5.91 Å². The molecule has 0 atom stereocenters. The van der Waals surface area contributed by atoms with Crippen molar-refractivity contribution in [3.05, 3.63) is 113 Å². The van der Waals surface area contributed by atoms with E-state index in [1.807, 2.05) is 67.6 Å². The lowest BCUT2D eigenvalue weighted by atomic mass is 9.91. The Bertz CT molecular complexity index is 1030. The molecule has 4 heteroatoms. The van der Waals surface area contributed by atoms with Crippen molar-refractivity contribution in [2.45, 2.75) is 12.8 Å². The molecular formula is C25H22N2O2. The van der Waals surface area contributed by atoms with Gasteiger partial charge in [-0.2, -0.15) is 0 Å². The maximum Gasteiger partial charge on any atom is 0.256 e. The highest BCUT2D eigenvalue weighted by atomic mass is 16.5. The van der Waals surface area contributed by atoms with E-state index in [-0.39, 0.29) is 11.8 Å². The van der Waals surface area contributed by atoms with Gasteiger partial charge < -0.3 is 9.84 Å². The van der Waals surface area contributed by atoms with Crippen LogP contribution in [0.1, 0.15) is 33.0 Å². The van der Waals surface area contributed by atoms with Gasteiger partial charge in [0.15, 0.2) is 5.76 Å². The van der Waals surface area contributed by atoms with E-state index in [1.165, 1.54) is 6.20 Å². The standard InChI is InChI=1S/C25H22N2O2/c1-18-12-14-21(15-13-18)24-23(17-27-29-24)25(28)26-16-22(19-8-4-2-5-9-19)20-10-6-3-7-11-20/h2-15,17,22H,16H2,1H3,(H,26,28). The number of benzene rings is 3. The molecule has 0 radical (unpaired) electrons. The van der Waals surface area contributed by atoms with E-state index in [4.69, 9.17) is 4.52 Å². The minimum absolute atomic E-state index is 0.0593. The molecule has 0 fully saturated rings. The average molecular weight is 382 g/mol. The number of rotatable bonds is 6. The van der Waals surface area contributed by atoms with Gasteiger partial charge in [-0.3, -0.25) is 4.79 Å². The number of carbonyl (C=O) groups excluding carboxylic acids is 1. The SMILES string of the molecule is Cc1ccc(-c2oncc2C(=O)NCC(c2ccccc2)c2ccccc2)cc1. The number of hydrogen-bond donors (Lipinski definition) is 1. The van der Waals surface area contributed by atoms with Gasteiger partial charge in [-0.25, -0.2) is 0 Å². The van der Waals surface area contributed by atoms with Crippen molar-refractivity contribution in [3.8, 4) is 11.3 Å². The topological polar surface area (TPSA) is 55.1 Å². The molecule has 1 heterocycles. The van der Waals surface area contributed by atoms with E-state index >= 15 is 0 Å². The lowest BCUT2D eigenvalue weighted by Gasteiger charge is -2.18. The Kier molecular flexibility index (Phi) is 5.52. The summed E-state index contributed by atoms with van der Waals surface area (Å²) in [6, 6.07) is 28.2. The maximum atomic E-state index is 12.9. The second-order valence-electron chi connectivity index (χ2n) is 7.02. The number of hydrogen-bond acceptors (Lipinski definition) is 3.